The summed E-state index contributed by atoms with van der Waals surface area (Å²) in [6.07, 6.45) is 3.94. The van der Waals surface area contributed by atoms with Crippen LogP contribution in [0.5, 0.6) is 0 Å². The molecule has 0 saturated carbocycles. The highest BCUT2D eigenvalue weighted by atomic mass is 16.5. The van der Waals surface area contributed by atoms with Gasteiger partial charge in [-0.15, -0.1) is 0 Å². The molecule has 0 aromatic carbocycles. The molecule has 0 radical (unpaired) electrons. The molecule has 1 aromatic rings. The van der Waals surface area contributed by atoms with Crippen molar-refractivity contribution in [1.82, 2.24) is 4.98 Å². The average molecular weight is 195 g/mol. The summed E-state index contributed by atoms with van der Waals surface area (Å²) in [4.78, 5) is 14.6. The fourth-order valence-corrected chi connectivity index (χ4v) is 1.66. The fourth-order valence-electron chi connectivity index (χ4n) is 1.66. The van der Waals surface area contributed by atoms with E-state index in [2.05, 4.69) is 11.9 Å². The van der Waals surface area contributed by atoms with Crippen molar-refractivity contribution in [3.05, 3.63) is 17.8 Å². The predicted molar refractivity (Wildman–Crippen MR) is 49.3 cm³/mol. The van der Waals surface area contributed by atoms with Crippen molar-refractivity contribution >= 4 is 6.29 Å². The van der Waals surface area contributed by atoms with E-state index in [0.29, 0.717) is 17.9 Å². The van der Waals surface area contributed by atoms with Gasteiger partial charge in [0.05, 0.1) is 6.20 Å². The van der Waals surface area contributed by atoms with Crippen molar-refractivity contribution in [1.29, 1.82) is 0 Å². The molecule has 4 heteroatoms. The van der Waals surface area contributed by atoms with Gasteiger partial charge in [0, 0.05) is 18.6 Å². The maximum atomic E-state index is 10.4. The Morgan fingerprint density at radius 3 is 2.79 bits per heavy atom. The second kappa shape index (κ2) is 3.53. The number of nitrogens with zero attached hydrogens (tertiary/aromatic N) is 1. The minimum absolute atomic E-state index is 0.0699. The Labute approximate surface area is 82.3 Å². The van der Waals surface area contributed by atoms with Crippen LogP contribution in [0.25, 0.3) is 0 Å². The number of oxazole rings is 1. The summed E-state index contributed by atoms with van der Waals surface area (Å²) in [5, 5.41) is 0. The van der Waals surface area contributed by atoms with E-state index in [1.54, 1.807) is 0 Å². The van der Waals surface area contributed by atoms with Crippen LogP contribution in [0.15, 0.2) is 10.6 Å². The lowest BCUT2D eigenvalue weighted by atomic mass is 9.82. The Bertz CT molecular complexity index is 326. The highest BCUT2D eigenvalue weighted by molar-refractivity contribution is 5.69. The molecule has 1 aromatic heterocycles. The van der Waals surface area contributed by atoms with E-state index in [1.807, 2.05) is 0 Å². The quantitative estimate of drug-likeness (QED) is 0.672. The van der Waals surface area contributed by atoms with Crippen LogP contribution in [0.1, 0.15) is 36.2 Å². The first kappa shape index (κ1) is 9.40. The summed E-state index contributed by atoms with van der Waals surface area (Å²) < 4.78 is 10.6. The number of carbonyl (C=O) groups excluding carboxylic acids is 1. The van der Waals surface area contributed by atoms with Crippen LogP contribution in [-0.2, 0) is 10.2 Å². The molecule has 76 valence electrons. The molecule has 0 bridgehead atoms. The molecule has 4 nitrogen and oxygen atoms in total. The Morgan fingerprint density at radius 1 is 1.50 bits per heavy atom. The number of rotatable bonds is 2. The maximum Gasteiger partial charge on any atom is 0.201 e. The lowest BCUT2D eigenvalue weighted by molar-refractivity contribution is 0.0466. The number of ether oxygens (including phenoxy) is 1. The molecular formula is C10H13NO3. The summed E-state index contributed by atoms with van der Waals surface area (Å²) in [6.45, 7) is 3.56. The molecule has 0 spiro atoms. The first-order valence-corrected chi connectivity index (χ1v) is 4.74. The lowest BCUT2D eigenvalue weighted by Gasteiger charge is -2.30. The zero-order chi connectivity index (χ0) is 10.0. The molecule has 2 heterocycles. The van der Waals surface area contributed by atoms with Crippen LogP contribution in [0.3, 0.4) is 0 Å². The van der Waals surface area contributed by atoms with E-state index in [1.165, 1.54) is 6.20 Å². The van der Waals surface area contributed by atoms with Crippen molar-refractivity contribution in [3.63, 3.8) is 0 Å². The molecule has 2 rings (SSSR count). The molecule has 0 unspecified atom stereocenters. The van der Waals surface area contributed by atoms with Gasteiger partial charge in [0.1, 0.15) is 0 Å². The van der Waals surface area contributed by atoms with Crippen molar-refractivity contribution in [3.8, 4) is 0 Å². The van der Waals surface area contributed by atoms with Crippen LogP contribution in [0.4, 0.5) is 0 Å². The zero-order valence-electron chi connectivity index (χ0n) is 8.16. The molecule has 14 heavy (non-hydrogen) atoms. The molecule has 1 aliphatic rings. The summed E-state index contributed by atoms with van der Waals surface area (Å²) in [6, 6.07) is 0. The van der Waals surface area contributed by atoms with E-state index in [4.69, 9.17) is 9.15 Å². The smallest absolute Gasteiger partial charge is 0.201 e. The van der Waals surface area contributed by atoms with Gasteiger partial charge in [-0.2, -0.15) is 0 Å². The highest BCUT2D eigenvalue weighted by Crippen LogP contribution is 2.33. The van der Waals surface area contributed by atoms with Gasteiger partial charge in [0.2, 0.25) is 5.89 Å². The average Bonchev–Trinajstić information content (AvgIpc) is 2.67. The topological polar surface area (TPSA) is 52.3 Å². The third-order valence-electron chi connectivity index (χ3n) is 2.75. The van der Waals surface area contributed by atoms with Crippen LogP contribution < -0.4 is 0 Å². The molecule has 0 N–H and O–H groups in total. The van der Waals surface area contributed by atoms with Gasteiger partial charge >= 0.3 is 0 Å². The second-order valence-electron chi connectivity index (χ2n) is 3.86. The SMILES string of the molecule is CC1(c2ncc(C=O)o2)CCOCC1. The van der Waals surface area contributed by atoms with E-state index in [0.717, 1.165) is 26.1 Å². The number of aldehydes is 1. The van der Waals surface area contributed by atoms with Crippen molar-refractivity contribution < 1.29 is 13.9 Å². The van der Waals surface area contributed by atoms with Gasteiger partial charge in [-0.25, -0.2) is 4.98 Å². The molecule has 1 saturated heterocycles. The molecular weight excluding hydrogens is 182 g/mol. The van der Waals surface area contributed by atoms with Gasteiger partial charge in [0.15, 0.2) is 12.0 Å². The van der Waals surface area contributed by atoms with E-state index in [-0.39, 0.29) is 5.41 Å². The standard InChI is InChI=1S/C10H13NO3/c1-10(2-4-13-5-3-10)9-11-6-8(7-12)14-9/h6-7H,2-5H2,1H3. The summed E-state index contributed by atoms with van der Waals surface area (Å²) in [5.74, 6) is 0.954. The van der Waals surface area contributed by atoms with Crippen LogP contribution >= 0.6 is 0 Å². The monoisotopic (exact) mass is 195 g/mol. The highest BCUT2D eigenvalue weighted by Gasteiger charge is 2.33. The van der Waals surface area contributed by atoms with Gasteiger partial charge in [-0.05, 0) is 12.8 Å². The Hall–Kier alpha value is -1.16. The van der Waals surface area contributed by atoms with Crippen LogP contribution in [0.2, 0.25) is 0 Å². The molecule has 1 aliphatic heterocycles. The number of hydrogen-bond acceptors (Lipinski definition) is 4. The fraction of sp³-hybridized carbons (Fsp3) is 0.600. The molecule has 1 fully saturated rings. The van der Waals surface area contributed by atoms with Crippen LogP contribution in [0, 0.1) is 0 Å². The number of hydrogen-bond donors (Lipinski definition) is 0. The first-order valence-electron chi connectivity index (χ1n) is 4.74. The third kappa shape index (κ3) is 1.57. The van der Waals surface area contributed by atoms with Crippen LogP contribution in [-0.4, -0.2) is 24.5 Å². The second-order valence-corrected chi connectivity index (χ2v) is 3.86. The molecule has 0 amide bonds. The van der Waals surface area contributed by atoms with E-state index in [9.17, 15) is 4.79 Å². The Balaban J connectivity index is 2.23. The largest absolute Gasteiger partial charge is 0.437 e. The molecule has 0 aliphatic carbocycles. The summed E-state index contributed by atoms with van der Waals surface area (Å²) >= 11 is 0. The minimum atomic E-state index is -0.0699. The van der Waals surface area contributed by atoms with E-state index >= 15 is 0 Å². The van der Waals surface area contributed by atoms with Gasteiger partial charge in [-0.1, -0.05) is 6.92 Å². The Kier molecular flexibility index (Phi) is 2.37. The Morgan fingerprint density at radius 2 is 2.21 bits per heavy atom. The van der Waals surface area contributed by atoms with Gasteiger partial charge < -0.3 is 9.15 Å². The van der Waals surface area contributed by atoms with Crippen molar-refractivity contribution in [2.75, 3.05) is 13.2 Å². The lowest BCUT2D eigenvalue weighted by Crippen LogP contribution is -2.30. The van der Waals surface area contributed by atoms with E-state index < -0.39 is 0 Å². The zero-order valence-corrected chi connectivity index (χ0v) is 8.16. The molecule has 0 atom stereocenters. The number of aromatic nitrogens is 1. The summed E-state index contributed by atoms with van der Waals surface area (Å²) in [7, 11) is 0. The third-order valence-corrected chi connectivity index (χ3v) is 2.75. The predicted octanol–water partition coefficient (Wildman–Crippen LogP) is 1.56. The normalized spacial score (nSPS) is 20.6. The van der Waals surface area contributed by atoms with Crippen molar-refractivity contribution in [2.24, 2.45) is 0 Å². The van der Waals surface area contributed by atoms with Crippen molar-refractivity contribution in [2.45, 2.75) is 25.2 Å². The number of carbonyl (C=O) groups is 1. The van der Waals surface area contributed by atoms with Gasteiger partial charge in [0.25, 0.3) is 0 Å². The maximum absolute atomic E-state index is 10.4. The van der Waals surface area contributed by atoms with Gasteiger partial charge in [-0.3, -0.25) is 4.79 Å². The minimum Gasteiger partial charge on any atom is -0.437 e. The summed E-state index contributed by atoms with van der Waals surface area (Å²) in [5.41, 5.74) is -0.0699. The first-order chi connectivity index (χ1) is 6.74.